The standard InChI is InChI=1S/C10H9BFN5O3/c11-5-3-4(1-2-6(5)12)17(10(18)19)9(14)7-8(13)16-20-15-7/h1-3,14H,11H2,(H2,13,16)(H,18,19). The van der Waals surface area contributed by atoms with Gasteiger partial charge >= 0.3 is 6.09 Å². The van der Waals surface area contributed by atoms with Gasteiger partial charge in [-0.2, -0.15) is 0 Å². The molecule has 0 atom stereocenters. The van der Waals surface area contributed by atoms with Crippen LogP contribution in [-0.2, 0) is 0 Å². The van der Waals surface area contributed by atoms with Gasteiger partial charge in [-0.05, 0) is 28.5 Å². The monoisotopic (exact) mass is 277 g/mol. The van der Waals surface area contributed by atoms with Gasteiger partial charge in [0.1, 0.15) is 13.7 Å². The van der Waals surface area contributed by atoms with Crippen molar-refractivity contribution in [2.45, 2.75) is 0 Å². The maximum atomic E-state index is 13.2. The van der Waals surface area contributed by atoms with E-state index in [2.05, 4.69) is 14.9 Å². The minimum absolute atomic E-state index is 0.0869. The van der Waals surface area contributed by atoms with E-state index in [9.17, 15) is 14.3 Å². The molecule has 0 aliphatic heterocycles. The fourth-order valence-electron chi connectivity index (χ4n) is 1.57. The van der Waals surface area contributed by atoms with Crippen LogP contribution in [0, 0.1) is 11.2 Å². The fourth-order valence-corrected chi connectivity index (χ4v) is 1.57. The molecule has 1 heterocycles. The van der Waals surface area contributed by atoms with Crippen molar-refractivity contribution in [3.8, 4) is 0 Å². The van der Waals surface area contributed by atoms with Crippen molar-refractivity contribution >= 4 is 36.7 Å². The number of nitrogen functional groups attached to an aromatic ring is 1. The Labute approximate surface area is 112 Å². The Morgan fingerprint density at radius 2 is 2.20 bits per heavy atom. The molecule has 10 heteroatoms. The van der Waals surface area contributed by atoms with Crippen LogP contribution in [0.3, 0.4) is 0 Å². The number of halogens is 1. The topological polar surface area (TPSA) is 129 Å². The lowest BCUT2D eigenvalue weighted by atomic mass is 9.95. The second kappa shape index (κ2) is 5.00. The van der Waals surface area contributed by atoms with Gasteiger partial charge < -0.3 is 10.8 Å². The van der Waals surface area contributed by atoms with Crippen molar-refractivity contribution in [3.63, 3.8) is 0 Å². The molecule has 0 unspecified atom stereocenters. The van der Waals surface area contributed by atoms with Crippen LogP contribution in [0.4, 0.5) is 20.7 Å². The molecule has 102 valence electrons. The van der Waals surface area contributed by atoms with Crippen LogP contribution in [0.5, 0.6) is 0 Å². The molecular formula is C10H9BFN5O3. The molecule has 1 aromatic heterocycles. The highest BCUT2D eigenvalue weighted by molar-refractivity contribution is 6.33. The first-order chi connectivity index (χ1) is 9.41. The number of nitrogens with one attached hydrogen (secondary N) is 1. The Hall–Kier alpha value is -2.91. The molecule has 0 fully saturated rings. The van der Waals surface area contributed by atoms with Crippen LogP contribution in [0.15, 0.2) is 22.8 Å². The summed E-state index contributed by atoms with van der Waals surface area (Å²) in [7, 11) is 1.48. The zero-order valence-electron chi connectivity index (χ0n) is 10.3. The predicted octanol–water partition coefficient (Wildman–Crippen LogP) is -0.441. The molecule has 0 spiro atoms. The first-order valence-corrected chi connectivity index (χ1v) is 5.38. The summed E-state index contributed by atoms with van der Waals surface area (Å²) < 4.78 is 17.6. The Morgan fingerprint density at radius 3 is 2.70 bits per heavy atom. The summed E-state index contributed by atoms with van der Waals surface area (Å²) in [5.41, 5.74) is 5.54. The molecule has 0 saturated carbocycles. The van der Waals surface area contributed by atoms with Gasteiger partial charge in [-0.1, -0.05) is 5.46 Å². The molecule has 1 aromatic carbocycles. The number of amides is 1. The van der Waals surface area contributed by atoms with Gasteiger partial charge in [0, 0.05) is 0 Å². The van der Waals surface area contributed by atoms with Crippen LogP contribution in [-0.4, -0.2) is 35.2 Å². The second-order valence-corrected chi connectivity index (χ2v) is 3.90. The molecule has 0 radical (unpaired) electrons. The third-order valence-corrected chi connectivity index (χ3v) is 2.55. The van der Waals surface area contributed by atoms with Gasteiger partial charge in [0.05, 0.1) is 5.69 Å². The van der Waals surface area contributed by atoms with E-state index in [0.29, 0.717) is 4.90 Å². The van der Waals surface area contributed by atoms with Crippen LogP contribution in [0.25, 0.3) is 0 Å². The van der Waals surface area contributed by atoms with Crippen molar-refractivity contribution < 1.29 is 18.9 Å². The van der Waals surface area contributed by atoms with E-state index in [0.717, 1.165) is 6.07 Å². The molecule has 8 nitrogen and oxygen atoms in total. The average Bonchev–Trinajstić information content (AvgIpc) is 2.79. The highest BCUT2D eigenvalue weighted by atomic mass is 19.1. The van der Waals surface area contributed by atoms with Crippen molar-refractivity contribution in [1.29, 1.82) is 5.41 Å². The van der Waals surface area contributed by atoms with Crippen molar-refractivity contribution in [3.05, 3.63) is 29.7 Å². The normalized spacial score (nSPS) is 10.2. The smallest absolute Gasteiger partial charge is 0.417 e. The number of carbonyl (C=O) groups is 1. The van der Waals surface area contributed by atoms with Gasteiger partial charge in [-0.15, -0.1) is 0 Å². The van der Waals surface area contributed by atoms with E-state index >= 15 is 0 Å². The second-order valence-electron chi connectivity index (χ2n) is 3.90. The zero-order chi connectivity index (χ0) is 14.9. The van der Waals surface area contributed by atoms with E-state index in [4.69, 9.17) is 11.1 Å². The largest absolute Gasteiger partial charge is 0.464 e. The Balaban J connectivity index is 2.46. The van der Waals surface area contributed by atoms with Crippen molar-refractivity contribution in [2.24, 2.45) is 0 Å². The molecule has 2 aromatic rings. The molecular weight excluding hydrogens is 268 g/mol. The minimum Gasteiger partial charge on any atom is -0.464 e. The molecule has 0 saturated heterocycles. The summed E-state index contributed by atoms with van der Waals surface area (Å²) in [5.74, 6) is -1.23. The van der Waals surface area contributed by atoms with Gasteiger partial charge in [0.15, 0.2) is 17.3 Å². The first kappa shape index (κ1) is 13.5. The first-order valence-electron chi connectivity index (χ1n) is 5.38. The number of nitrogens with two attached hydrogens (primary N) is 1. The number of benzene rings is 1. The predicted molar refractivity (Wildman–Crippen MR) is 70.6 cm³/mol. The summed E-state index contributed by atoms with van der Waals surface area (Å²) in [6.45, 7) is 0. The van der Waals surface area contributed by atoms with Gasteiger partial charge in [-0.3, -0.25) is 5.41 Å². The zero-order valence-corrected chi connectivity index (χ0v) is 10.3. The lowest BCUT2D eigenvalue weighted by molar-refractivity contribution is 0.205. The highest BCUT2D eigenvalue weighted by Crippen LogP contribution is 2.18. The van der Waals surface area contributed by atoms with Gasteiger partial charge in [0.2, 0.25) is 0 Å². The highest BCUT2D eigenvalue weighted by Gasteiger charge is 2.26. The molecule has 0 aliphatic carbocycles. The number of rotatable bonds is 2. The SMILES string of the molecule is Bc1cc(N(C(=N)c2nonc2N)C(=O)O)ccc1F. The van der Waals surface area contributed by atoms with E-state index < -0.39 is 17.7 Å². The molecule has 2 rings (SSSR count). The van der Waals surface area contributed by atoms with E-state index in [-0.39, 0.29) is 22.7 Å². The van der Waals surface area contributed by atoms with Crippen LogP contribution in [0.2, 0.25) is 0 Å². The molecule has 1 amide bonds. The Kier molecular flexibility index (Phi) is 3.38. The number of hydrogen-bond donors (Lipinski definition) is 3. The van der Waals surface area contributed by atoms with Crippen LogP contribution < -0.4 is 16.1 Å². The van der Waals surface area contributed by atoms with Crippen LogP contribution in [0.1, 0.15) is 5.69 Å². The van der Waals surface area contributed by atoms with Crippen molar-refractivity contribution in [1.82, 2.24) is 10.3 Å². The Bertz CT molecular complexity index is 689. The summed E-state index contributed by atoms with van der Waals surface area (Å²) in [5, 5.41) is 23.7. The molecule has 4 N–H and O–H groups in total. The number of aromatic nitrogens is 2. The summed E-state index contributed by atoms with van der Waals surface area (Å²) >= 11 is 0. The lowest BCUT2D eigenvalue weighted by Crippen LogP contribution is -2.37. The van der Waals surface area contributed by atoms with Gasteiger partial charge in [-0.25, -0.2) is 18.7 Å². The lowest BCUT2D eigenvalue weighted by Gasteiger charge is -2.19. The number of nitrogens with zero attached hydrogens (tertiary/aromatic N) is 3. The number of hydrogen-bond acceptors (Lipinski definition) is 6. The molecule has 0 bridgehead atoms. The fraction of sp³-hybridized carbons (Fsp3) is 0. The van der Waals surface area contributed by atoms with E-state index in [1.165, 1.54) is 20.0 Å². The third kappa shape index (κ3) is 2.30. The minimum atomic E-state index is -1.44. The maximum absolute atomic E-state index is 13.2. The Morgan fingerprint density at radius 1 is 1.50 bits per heavy atom. The maximum Gasteiger partial charge on any atom is 0.417 e. The number of carboxylic acid groups (broad SMARTS) is 1. The number of anilines is 2. The number of amidine groups is 1. The molecule has 20 heavy (non-hydrogen) atoms. The quantitative estimate of drug-likeness (QED) is 0.387. The van der Waals surface area contributed by atoms with Gasteiger partial charge in [0.25, 0.3) is 0 Å². The molecule has 0 aliphatic rings. The summed E-state index contributed by atoms with van der Waals surface area (Å²) in [6, 6.07) is 3.63. The van der Waals surface area contributed by atoms with E-state index in [1.54, 1.807) is 0 Å². The van der Waals surface area contributed by atoms with E-state index in [1.807, 2.05) is 0 Å². The third-order valence-electron chi connectivity index (χ3n) is 2.55. The van der Waals surface area contributed by atoms with Crippen LogP contribution >= 0.6 is 0 Å². The average molecular weight is 277 g/mol. The summed E-state index contributed by atoms with van der Waals surface area (Å²) in [6.07, 6.45) is -1.44. The van der Waals surface area contributed by atoms with Crippen molar-refractivity contribution in [2.75, 3.05) is 10.6 Å². The summed E-state index contributed by atoms with van der Waals surface area (Å²) in [4.78, 5) is 11.9.